The Labute approximate surface area is 311 Å². The summed E-state index contributed by atoms with van der Waals surface area (Å²) in [6.45, 7) is 0. The lowest BCUT2D eigenvalue weighted by atomic mass is 10.00. The van der Waals surface area contributed by atoms with Gasteiger partial charge in [-0.05, 0) is 105 Å². The number of hydrogen-bond donors (Lipinski definition) is 0. The topological polar surface area (TPSA) is 8.17 Å². The van der Waals surface area contributed by atoms with Gasteiger partial charge in [-0.25, -0.2) is 0 Å². The van der Waals surface area contributed by atoms with E-state index in [4.69, 9.17) is 0 Å². The molecule has 0 fully saturated rings. The average molecular weight is 693 g/mol. The van der Waals surface area contributed by atoms with Crippen LogP contribution in [0.4, 0.5) is 17.1 Å². The fraction of sp³-hybridized carbons (Fsp3) is 0. The molecule has 0 N–H and O–H groups in total. The second-order valence-electron chi connectivity index (χ2n) is 13.8. The van der Waals surface area contributed by atoms with Gasteiger partial charge >= 0.3 is 0 Å². The molecule has 0 atom stereocenters. The zero-order chi connectivity index (χ0) is 34.9. The third kappa shape index (κ3) is 4.86. The van der Waals surface area contributed by atoms with Crippen molar-refractivity contribution in [3.8, 4) is 16.8 Å². The molecule has 2 nitrogen and oxygen atoms in total. The minimum Gasteiger partial charge on any atom is -0.310 e. The van der Waals surface area contributed by atoms with Crippen LogP contribution in [0, 0.1) is 0 Å². The van der Waals surface area contributed by atoms with E-state index in [0.717, 1.165) is 17.1 Å². The summed E-state index contributed by atoms with van der Waals surface area (Å²) in [6.07, 6.45) is 0. The van der Waals surface area contributed by atoms with Crippen molar-refractivity contribution in [2.75, 3.05) is 4.90 Å². The molecule has 2 heterocycles. The lowest BCUT2D eigenvalue weighted by Crippen LogP contribution is -2.10. The molecule has 0 aliphatic rings. The Balaban J connectivity index is 1.18. The van der Waals surface area contributed by atoms with E-state index in [-0.39, 0.29) is 0 Å². The second kappa shape index (κ2) is 11.9. The summed E-state index contributed by atoms with van der Waals surface area (Å²) < 4.78 is 4.99. The number of nitrogens with zero attached hydrogens (tertiary/aromatic N) is 2. The van der Waals surface area contributed by atoms with Crippen molar-refractivity contribution in [2.45, 2.75) is 0 Å². The number of hydrogen-bond acceptors (Lipinski definition) is 2. The van der Waals surface area contributed by atoms with E-state index in [1.807, 2.05) is 11.3 Å². The zero-order valence-corrected chi connectivity index (χ0v) is 29.6. The van der Waals surface area contributed by atoms with Crippen molar-refractivity contribution >= 4 is 91.9 Å². The number of para-hydroxylation sites is 2. The van der Waals surface area contributed by atoms with Crippen molar-refractivity contribution in [1.82, 2.24) is 4.57 Å². The first-order valence-corrected chi connectivity index (χ1v) is 18.9. The van der Waals surface area contributed by atoms with Crippen LogP contribution in [0.15, 0.2) is 194 Å². The molecule has 3 heteroatoms. The maximum Gasteiger partial charge on any atom is 0.0561 e. The highest BCUT2D eigenvalue weighted by Gasteiger charge is 2.21. The molecule has 11 rings (SSSR count). The number of rotatable bonds is 5. The lowest BCUT2D eigenvalue weighted by molar-refractivity contribution is 1.18. The summed E-state index contributed by atoms with van der Waals surface area (Å²) in [7, 11) is 0. The zero-order valence-electron chi connectivity index (χ0n) is 28.8. The van der Waals surface area contributed by atoms with Gasteiger partial charge in [0.05, 0.1) is 16.7 Å². The maximum absolute atomic E-state index is 2.47. The van der Waals surface area contributed by atoms with E-state index in [1.165, 1.54) is 80.3 Å². The van der Waals surface area contributed by atoms with Gasteiger partial charge in [-0.15, -0.1) is 11.3 Å². The van der Waals surface area contributed by atoms with Gasteiger partial charge in [0.15, 0.2) is 0 Å². The normalized spacial score (nSPS) is 11.8. The number of anilines is 3. The van der Waals surface area contributed by atoms with Gasteiger partial charge in [0.25, 0.3) is 0 Å². The predicted octanol–water partition coefficient (Wildman–Crippen LogP) is 14.6. The van der Waals surface area contributed by atoms with E-state index < -0.39 is 0 Å². The molecule has 0 amide bonds. The Morgan fingerprint density at radius 2 is 1.04 bits per heavy atom. The number of thiophene rings is 1. The highest BCUT2D eigenvalue weighted by molar-refractivity contribution is 7.26. The first kappa shape index (κ1) is 30.0. The first-order chi connectivity index (χ1) is 26.3. The molecule has 9 aromatic carbocycles. The molecule has 0 unspecified atom stereocenters. The molecule has 0 bridgehead atoms. The van der Waals surface area contributed by atoms with Gasteiger partial charge in [-0.1, -0.05) is 121 Å². The third-order valence-corrected chi connectivity index (χ3v) is 11.8. The van der Waals surface area contributed by atoms with E-state index >= 15 is 0 Å². The van der Waals surface area contributed by atoms with Gasteiger partial charge in [-0.3, -0.25) is 0 Å². The Morgan fingerprint density at radius 1 is 0.377 bits per heavy atom. The molecule has 0 spiro atoms. The minimum atomic E-state index is 1.12. The van der Waals surface area contributed by atoms with Crippen molar-refractivity contribution in [3.63, 3.8) is 0 Å². The monoisotopic (exact) mass is 692 g/mol. The van der Waals surface area contributed by atoms with Crippen LogP contribution < -0.4 is 4.90 Å². The fourth-order valence-electron chi connectivity index (χ4n) is 8.24. The Morgan fingerprint density at radius 3 is 1.91 bits per heavy atom. The quantitative estimate of drug-likeness (QED) is 0.174. The van der Waals surface area contributed by atoms with Crippen LogP contribution in [-0.2, 0) is 0 Å². The van der Waals surface area contributed by atoms with E-state index in [2.05, 4.69) is 204 Å². The summed E-state index contributed by atoms with van der Waals surface area (Å²) in [5.41, 5.74) is 9.40. The summed E-state index contributed by atoms with van der Waals surface area (Å²) >= 11 is 1.87. The van der Waals surface area contributed by atoms with Crippen molar-refractivity contribution in [1.29, 1.82) is 0 Å². The summed E-state index contributed by atoms with van der Waals surface area (Å²) in [6, 6.07) is 71.1. The lowest BCUT2D eigenvalue weighted by Gasteiger charge is -2.27. The van der Waals surface area contributed by atoms with Gasteiger partial charge < -0.3 is 9.47 Å². The largest absolute Gasteiger partial charge is 0.310 e. The maximum atomic E-state index is 2.47. The van der Waals surface area contributed by atoms with Crippen LogP contribution in [-0.4, -0.2) is 4.57 Å². The van der Waals surface area contributed by atoms with Crippen LogP contribution in [0.5, 0.6) is 0 Å². The predicted molar refractivity (Wildman–Crippen MR) is 229 cm³/mol. The number of aromatic nitrogens is 1. The van der Waals surface area contributed by atoms with Gasteiger partial charge in [0.1, 0.15) is 0 Å². The van der Waals surface area contributed by atoms with Crippen LogP contribution in [0.1, 0.15) is 0 Å². The van der Waals surface area contributed by atoms with Crippen LogP contribution >= 0.6 is 11.3 Å². The van der Waals surface area contributed by atoms with Crippen LogP contribution in [0.3, 0.4) is 0 Å². The number of fused-ring (bicyclic) bond motifs is 8. The Kier molecular flexibility index (Phi) is 6.76. The van der Waals surface area contributed by atoms with Crippen molar-refractivity contribution < 1.29 is 0 Å². The van der Waals surface area contributed by atoms with Crippen molar-refractivity contribution in [2.24, 2.45) is 0 Å². The molecule has 0 aliphatic carbocycles. The summed E-state index contributed by atoms with van der Waals surface area (Å²) in [5, 5.41) is 10.0. The molecule has 0 radical (unpaired) electrons. The molecular weight excluding hydrogens is 661 g/mol. The van der Waals surface area contributed by atoms with E-state index in [9.17, 15) is 0 Å². The molecule has 0 aliphatic heterocycles. The van der Waals surface area contributed by atoms with E-state index in [1.54, 1.807) is 0 Å². The highest BCUT2D eigenvalue weighted by atomic mass is 32.1. The molecule has 2 aromatic heterocycles. The number of benzene rings is 9. The smallest absolute Gasteiger partial charge is 0.0561 e. The van der Waals surface area contributed by atoms with Crippen molar-refractivity contribution in [3.05, 3.63) is 194 Å². The van der Waals surface area contributed by atoms with Gasteiger partial charge in [-0.2, -0.15) is 0 Å². The third-order valence-electron chi connectivity index (χ3n) is 10.7. The molecule has 248 valence electrons. The SMILES string of the molecule is c1ccc(-c2ccc3cc(N(c4ccc5c6ccccc6n(-c6ccccc6)c5c4)c4cccc5sc6cc7ccccc7cc6c45)ccc3c2)cc1. The Bertz CT molecular complexity index is 3170. The standard InChI is InChI=1S/C50H32N2S/c1-3-12-33(13-4-1)36-22-23-38-29-40(25-24-37(38)28-36)51(46-20-11-21-48-50(46)44-30-34-14-7-8-15-35(34)31-49(44)53-48)41-26-27-43-42-18-9-10-19-45(42)52(47(43)32-41)39-16-5-2-6-17-39/h1-32H. The van der Waals surface area contributed by atoms with Crippen LogP contribution in [0.2, 0.25) is 0 Å². The summed E-state index contributed by atoms with van der Waals surface area (Å²) in [5.74, 6) is 0. The Hall–Kier alpha value is -6.68. The van der Waals surface area contributed by atoms with Gasteiger partial charge in [0, 0.05) is 48.0 Å². The minimum absolute atomic E-state index is 1.12. The highest BCUT2D eigenvalue weighted by Crippen LogP contribution is 2.47. The summed E-state index contributed by atoms with van der Waals surface area (Å²) in [4.78, 5) is 2.47. The second-order valence-corrected chi connectivity index (χ2v) is 14.9. The molecule has 0 saturated heterocycles. The fourth-order valence-corrected chi connectivity index (χ4v) is 9.40. The first-order valence-electron chi connectivity index (χ1n) is 18.1. The molecule has 0 saturated carbocycles. The molecule has 53 heavy (non-hydrogen) atoms. The van der Waals surface area contributed by atoms with E-state index in [0.29, 0.717) is 0 Å². The molecule has 11 aromatic rings. The van der Waals surface area contributed by atoms with Gasteiger partial charge in [0.2, 0.25) is 0 Å². The average Bonchev–Trinajstić information content (AvgIpc) is 3.75. The molecular formula is C50H32N2S. The van der Waals surface area contributed by atoms with Crippen LogP contribution in [0.25, 0.3) is 80.3 Å².